The van der Waals surface area contributed by atoms with Gasteiger partial charge in [-0.05, 0) is 53.8 Å². The molecule has 2 aliphatic heterocycles. The molecule has 0 unspecified atom stereocenters. The van der Waals surface area contributed by atoms with Crippen molar-refractivity contribution in [2.24, 2.45) is 0 Å². The summed E-state index contributed by atoms with van der Waals surface area (Å²) in [7, 11) is 4.94. The van der Waals surface area contributed by atoms with Gasteiger partial charge in [-0.25, -0.2) is 14.8 Å². The molecule has 204 valence electrons. The number of carbonyl (C=O) groups is 3. The number of thioether (sulfide) groups is 1. The molecule has 0 aliphatic carbocycles. The van der Waals surface area contributed by atoms with Gasteiger partial charge in [-0.3, -0.25) is 9.59 Å². The van der Waals surface area contributed by atoms with Gasteiger partial charge in [0.25, 0.3) is 0 Å². The second-order valence-corrected chi connectivity index (χ2v) is 10.3. The Bertz CT molecular complexity index is 1130. The maximum Gasteiger partial charge on any atom is 0.334 e. The number of hydrogen-bond acceptors (Lipinski definition) is 7. The van der Waals surface area contributed by atoms with Crippen LogP contribution in [0.3, 0.4) is 0 Å². The second-order valence-electron chi connectivity index (χ2n) is 9.31. The van der Waals surface area contributed by atoms with Crippen LogP contribution in [0.4, 0.5) is 4.79 Å². The van der Waals surface area contributed by atoms with Crippen molar-refractivity contribution in [1.29, 1.82) is 0 Å². The molecule has 4 amide bonds. The Morgan fingerprint density at radius 1 is 1.00 bits per heavy atom. The number of hydrogen-bond donors (Lipinski definition) is 1. The van der Waals surface area contributed by atoms with Crippen LogP contribution in [0.2, 0.25) is 0 Å². The van der Waals surface area contributed by atoms with Gasteiger partial charge in [0.15, 0.2) is 0 Å². The number of carbonyl (C=O) groups excluding carboxylic acids is 3. The zero-order valence-corrected chi connectivity index (χ0v) is 23.1. The van der Waals surface area contributed by atoms with E-state index in [1.54, 1.807) is 52.8 Å². The fourth-order valence-electron chi connectivity index (χ4n) is 4.91. The standard InChI is InChI=1S/C27H35N5O5S/c1-29-18-25(33)31-23(13-14-38-4)26(34)30(16-20-7-11-22(37-3)12-8-20)17-24(31)32(29)27(35)28-15-19-5-9-21(36-2)10-6-19/h5-12,23-24H,13-18H2,1-4H3,(H,28,35)/t23-,24-/m0/s1. The lowest BCUT2D eigenvalue weighted by atomic mass is 10.0. The number of rotatable bonds is 9. The fourth-order valence-corrected chi connectivity index (χ4v) is 5.37. The zero-order chi connectivity index (χ0) is 27.2. The Hall–Kier alpha value is -3.44. The normalized spacial score (nSPS) is 19.8. The second kappa shape index (κ2) is 12.4. The summed E-state index contributed by atoms with van der Waals surface area (Å²) in [6.45, 7) is 0.932. The molecule has 2 aromatic rings. The first-order chi connectivity index (χ1) is 18.4. The monoisotopic (exact) mass is 541 g/mol. The quantitative estimate of drug-likeness (QED) is 0.521. The van der Waals surface area contributed by atoms with Crippen molar-refractivity contribution in [2.75, 3.05) is 46.4 Å². The minimum Gasteiger partial charge on any atom is -0.497 e. The summed E-state index contributed by atoms with van der Waals surface area (Å²) in [5.41, 5.74) is 1.87. The van der Waals surface area contributed by atoms with Crippen LogP contribution in [-0.2, 0) is 22.7 Å². The number of likely N-dealkylation sites (N-methyl/N-ethyl adjacent to an activating group) is 1. The number of urea groups is 1. The molecule has 0 bridgehead atoms. The molecular weight excluding hydrogens is 506 g/mol. The first-order valence-electron chi connectivity index (χ1n) is 12.5. The van der Waals surface area contributed by atoms with Crippen LogP contribution < -0.4 is 14.8 Å². The molecule has 0 aromatic heterocycles. The van der Waals surface area contributed by atoms with Crippen LogP contribution >= 0.6 is 11.8 Å². The average molecular weight is 542 g/mol. The van der Waals surface area contributed by atoms with Gasteiger partial charge in [0.2, 0.25) is 11.8 Å². The van der Waals surface area contributed by atoms with Crippen LogP contribution in [0.25, 0.3) is 0 Å². The van der Waals surface area contributed by atoms with Gasteiger partial charge < -0.3 is 24.6 Å². The van der Waals surface area contributed by atoms with Gasteiger partial charge in [0.05, 0.1) is 27.3 Å². The van der Waals surface area contributed by atoms with Crippen molar-refractivity contribution in [3.63, 3.8) is 0 Å². The van der Waals surface area contributed by atoms with Crippen molar-refractivity contribution < 1.29 is 23.9 Å². The molecular formula is C27H35N5O5S. The Balaban J connectivity index is 1.56. The largest absolute Gasteiger partial charge is 0.497 e. The maximum atomic E-state index is 13.6. The number of fused-ring (bicyclic) bond motifs is 1. The Morgan fingerprint density at radius 2 is 1.61 bits per heavy atom. The van der Waals surface area contributed by atoms with E-state index < -0.39 is 12.2 Å². The van der Waals surface area contributed by atoms with Crippen LogP contribution in [0.15, 0.2) is 48.5 Å². The highest BCUT2D eigenvalue weighted by Crippen LogP contribution is 2.29. The average Bonchev–Trinajstić information content (AvgIpc) is 2.92. The minimum atomic E-state index is -0.627. The summed E-state index contributed by atoms with van der Waals surface area (Å²) < 4.78 is 10.5. The molecule has 0 spiro atoms. The summed E-state index contributed by atoms with van der Waals surface area (Å²) in [5.74, 6) is 1.96. The van der Waals surface area contributed by atoms with Crippen molar-refractivity contribution in [2.45, 2.75) is 31.7 Å². The Morgan fingerprint density at radius 3 is 2.18 bits per heavy atom. The molecule has 10 nitrogen and oxygen atoms in total. The molecule has 1 N–H and O–H groups in total. The molecule has 11 heteroatoms. The molecule has 2 aliphatic rings. The van der Waals surface area contributed by atoms with Crippen LogP contribution in [0, 0.1) is 0 Å². The predicted molar refractivity (Wildman–Crippen MR) is 146 cm³/mol. The molecule has 2 saturated heterocycles. The smallest absolute Gasteiger partial charge is 0.334 e. The van der Waals surface area contributed by atoms with E-state index in [-0.39, 0.29) is 30.9 Å². The van der Waals surface area contributed by atoms with E-state index in [0.29, 0.717) is 19.5 Å². The van der Waals surface area contributed by atoms with E-state index >= 15 is 0 Å². The Labute approximate surface area is 227 Å². The summed E-state index contributed by atoms with van der Waals surface area (Å²) >= 11 is 1.63. The number of benzene rings is 2. The lowest BCUT2D eigenvalue weighted by molar-refractivity contribution is -0.187. The number of methoxy groups -OCH3 is 2. The number of hydrazine groups is 1. The lowest BCUT2D eigenvalue weighted by Gasteiger charge is -2.54. The third-order valence-corrected chi connectivity index (χ3v) is 7.52. The fraction of sp³-hybridized carbons (Fsp3) is 0.444. The van der Waals surface area contributed by atoms with Gasteiger partial charge in [0, 0.05) is 20.1 Å². The molecule has 2 fully saturated rings. The summed E-state index contributed by atoms with van der Waals surface area (Å²) in [5, 5.41) is 6.19. The first-order valence-corrected chi connectivity index (χ1v) is 13.9. The topological polar surface area (TPSA) is 94.7 Å². The number of piperazine rings is 1. The predicted octanol–water partition coefficient (Wildman–Crippen LogP) is 2.39. The molecule has 2 heterocycles. The van der Waals surface area contributed by atoms with Crippen molar-refractivity contribution in [3.05, 3.63) is 59.7 Å². The highest BCUT2D eigenvalue weighted by molar-refractivity contribution is 7.98. The van der Waals surface area contributed by atoms with Crippen LogP contribution in [0.5, 0.6) is 11.5 Å². The van der Waals surface area contributed by atoms with E-state index in [9.17, 15) is 14.4 Å². The van der Waals surface area contributed by atoms with Gasteiger partial charge in [-0.1, -0.05) is 24.3 Å². The summed E-state index contributed by atoms with van der Waals surface area (Å²) in [6, 6.07) is 14.1. The number of nitrogens with one attached hydrogen (secondary N) is 1. The summed E-state index contributed by atoms with van der Waals surface area (Å²) in [4.78, 5) is 43.7. The third-order valence-electron chi connectivity index (χ3n) is 6.88. The van der Waals surface area contributed by atoms with Gasteiger partial charge in [-0.15, -0.1) is 0 Å². The van der Waals surface area contributed by atoms with Gasteiger partial charge in [0.1, 0.15) is 23.7 Å². The number of nitrogens with zero attached hydrogens (tertiary/aromatic N) is 4. The van der Waals surface area contributed by atoms with E-state index in [1.807, 2.05) is 54.8 Å². The molecule has 4 rings (SSSR count). The third kappa shape index (κ3) is 5.99. The molecule has 2 aromatic carbocycles. The van der Waals surface area contributed by atoms with E-state index in [1.165, 1.54) is 0 Å². The van der Waals surface area contributed by atoms with Crippen LogP contribution in [0.1, 0.15) is 17.5 Å². The lowest BCUT2D eigenvalue weighted by Crippen LogP contribution is -2.75. The Kier molecular flexibility index (Phi) is 9.01. The number of amides is 4. The van der Waals surface area contributed by atoms with Crippen molar-refractivity contribution in [1.82, 2.24) is 25.1 Å². The van der Waals surface area contributed by atoms with E-state index in [0.717, 1.165) is 28.4 Å². The highest BCUT2D eigenvalue weighted by atomic mass is 32.2. The van der Waals surface area contributed by atoms with Crippen molar-refractivity contribution in [3.8, 4) is 11.5 Å². The zero-order valence-electron chi connectivity index (χ0n) is 22.3. The minimum absolute atomic E-state index is 0.0218. The molecule has 0 saturated carbocycles. The SMILES string of the molecule is COc1ccc(CNC(=O)N2[C@H]3CN(Cc4ccc(OC)cc4)C(=O)[C@H](CCSC)N3C(=O)CN2C)cc1. The van der Waals surface area contributed by atoms with Gasteiger partial charge in [-0.2, -0.15) is 11.8 Å². The molecule has 2 atom stereocenters. The molecule has 38 heavy (non-hydrogen) atoms. The first kappa shape index (κ1) is 27.6. The molecule has 0 radical (unpaired) electrons. The summed E-state index contributed by atoms with van der Waals surface area (Å²) in [6.07, 6.45) is 1.89. The maximum absolute atomic E-state index is 13.6. The van der Waals surface area contributed by atoms with Gasteiger partial charge >= 0.3 is 6.03 Å². The van der Waals surface area contributed by atoms with Crippen molar-refractivity contribution >= 4 is 29.6 Å². The van der Waals surface area contributed by atoms with Crippen LogP contribution in [-0.4, -0.2) is 96.2 Å². The van der Waals surface area contributed by atoms with E-state index in [4.69, 9.17) is 9.47 Å². The van der Waals surface area contributed by atoms with E-state index in [2.05, 4.69) is 5.32 Å². The highest BCUT2D eigenvalue weighted by Gasteiger charge is 2.50. The number of ether oxygens (including phenoxy) is 2.